The summed E-state index contributed by atoms with van der Waals surface area (Å²) in [5.74, 6) is -1.97. The number of nitrogens with one attached hydrogen (secondary N) is 2. The number of benzene rings is 1. The molecule has 3 amide bonds. The van der Waals surface area contributed by atoms with E-state index in [-0.39, 0.29) is 24.9 Å². The second-order valence-electron chi connectivity index (χ2n) is 5.37. The summed E-state index contributed by atoms with van der Waals surface area (Å²) in [4.78, 5) is 49.2. The van der Waals surface area contributed by atoms with E-state index in [4.69, 9.17) is 4.74 Å². The highest BCUT2D eigenvalue weighted by molar-refractivity contribution is 7.12. The monoisotopic (exact) mass is 373 g/mol. The molecule has 3 rings (SSSR count). The van der Waals surface area contributed by atoms with Gasteiger partial charge in [0.05, 0.1) is 16.3 Å². The maximum absolute atomic E-state index is 12.3. The number of esters is 1. The number of para-hydroxylation sites is 2. The van der Waals surface area contributed by atoms with Crippen LogP contribution in [0.15, 0.2) is 41.8 Å². The number of carbonyl (C=O) groups is 4. The fraction of sp³-hybridized carbons (Fsp3) is 0.176. The normalized spacial score (nSPS) is 12.8. The molecule has 2 N–H and O–H groups in total. The van der Waals surface area contributed by atoms with Gasteiger partial charge in [-0.05, 0) is 23.6 Å². The van der Waals surface area contributed by atoms with Gasteiger partial charge in [0, 0.05) is 0 Å². The summed E-state index contributed by atoms with van der Waals surface area (Å²) in [5, 5.41) is 6.84. The molecule has 0 radical (unpaired) electrons. The molecule has 1 aromatic heterocycles. The third-order valence-corrected chi connectivity index (χ3v) is 4.44. The zero-order chi connectivity index (χ0) is 18.5. The van der Waals surface area contributed by atoms with Crippen LogP contribution in [0.4, 0.5) is 11.4 Å². The van der Waals surface area contributed by atoms with Crippen molar-refractivity contribution in [3.63, 3.8) is 0 Å². The van der Waals surface area contributed by atoms with E-state index >= 15 is 0 Å². The van der Waals surface area contributed by atoms with Gasteiger partial charge in [-0.2, -0.15) is 0 Å². The Hall–Kier alpha value is -3.20. The number of anilines is 2. The first-order chi connectivity index (χ1) is 12.5. The molecule has 8 nitrogen and oxygen atoms in total. The van der Waals surface area contributed by atoms with Crippen molar-refractivity contribution >= 4 is 46.4 Å². The van der Waals surface area contributed by atoms with Crippen molar-refractivity contribution in [2.24, 2.45) is 0 Å². The fourth-order valence-electron chi connectivity index (χ4n) is 2.37. The van der Waals surface area contributed by atoms with E-state index in [0.717, 1.165) is 0 Å². The van der Waals surface area contributed by atoms with Gasteiger partial charge in [-0.3, -0.25) is 24.1 Å². The molecule has 2 aromatic rings. The molecule has 0 atom stereocenters. The summed E-state index contributed by atoms with van der Waals surface area (Å²) in [7, 11) is 0. The van der Waals surface area contributed by atoms with Gasteiger partial charge in [0.25, 0.3) is 11.8 Å². The topological polar surface area (TPSA) is 105 Å². The van der Waals surface area contributed by atoms with Crippen LogP contribution in [0.3, 0.4) is 0 Å². The number of thiophene rings is 1. The zero-order valence-corrected chi connectivity index (χ0v) is 14.4. The lowest BCUT2D eigenvalue weighted by Crippen LogP contribution is -2.44. The lowest BCUT2D eigenvalue weighted by atomic mass is 10.2. The molecule has 2 heterocycles. The van der Waals surface area contributed by atoms with Gasteiger partial charge in [0.15, 0.2) is 6.61 Å². The predicted molar refractivity (Wildman–Crippen MR) is 95.0 cm³/mol. The van der Waals surface area contributed by atoms with Gasteiger partial charge in [-0.25, -0.2) is 0 Å². The van der Waals surface area contributed by atoms with Crippen LogP contribution in [0.1, 0.15) is 9.67 Å². The van der Waals surface area contributed by atoms with Gasteiger partial charge < -0.3 is 15.4 Å². The van der Waals surface area contributed by atoms with E-state index in [0.29, 0.717) is 16.3 Å². The maximum Gasteiger partial charge on any atom is 0.325 e. The minimum absolute atomic E-state index is 0.150. The van der Waals surface area contributed by atoms with Crippen LogP contribution in [0.25, 0.3) is 0 Å². The molecule has 9 heteroatoms. The van der Waals surface area contributed by atoms with E-state index < -0.39 is 18.5 Å². The number of hydrogen-bond donors (Lipinski definition) is 2. The van der Waals surface area contributed by atoms with E-state index in [1.165, 1.54) is 16.2 Å². The van der Waals surface area contributed by atoms with Gasteiger partial charge in [0.2, 0.25) is 5.91 Å². The number of fused-ring (bicyclic) bond motifs is 1. The van der Waals surface area contributed by atoms with E-state index in [1.54, 1.807) is 41.8 Å². The Morgan fingerprint density at radius 1 is 1.19 bits per heavy atom. The molecule has 1 aliphatic rings. The van der Waals surface area contributed by atoms with Crippen LogP contribution in [0.5, 0.6) is 0 Å². The Morgan fingerprint density at radius 3 is 2.77 bits per heavy atom. The molecule has 0 saturated carbocycles. The van der Waals surface area contributed by atoms with Crippen LogP contribution in [0.2, 0.25) is 0 Å². The van der Waals surface area contributed by atoms with Crippen LogP contribution in [0, 0.1) is 0 Å². The Labute approximate surface area is 152 Å². The molecule has 0 bridgehead atoms. The van der Waals surface area contributed by atoms with Crippen molar-refractivity contribution in [1.29, 1.82) is 0 Å². The van der Waals surface area contributed by atoms with Crippen molar-refractivity contribution in [3.05, 3.63) is 46.7 Å². The Morgan fingerprint density at radius 2 is 2.00 bits per heavy atom. The standard InChI is InChI=1S/C17H15N3O5S/c21-14-9-20(12-5-2-1-4-11(12)19-14)15(22)10-25-16(23)8-18-17(24)13-6-3-7-26-13/h1-7H,8-10H2,(H,18,24)(H,19,21). The maximum atomic E-state index is 12.3. The largest absolute Gasteiger partial charge is 0.454 e. The highest BCUT2D eigenvalue weighted by Crippen LogP contribution is 2.28. The summed E-state index contributed by atoms with van der Waals surface area (Å²) in [6, 6.07) is 10.2. The van der Waals surface area contributed by atoms with Crippen LogP contribution >= 0.6 is 11.3 Å². The fourth-order valence-corrected chi connectivity index (χ4v) is 3.01. The molecular weight excluding hydrogens is 358 g/mol. The molecule has 0 spiro atoms. The summed E-state index contributed by atoms with van der Waals surface area (Å²) >= 11 is 1.25. The minimum Gasteiger partial charge on any atom is -0.454 e. The Bertz CT molecular complexity index is 850. The number of amides is 3. The molecule has 0 saturated heterocycles. The van der Waals surface area contributed by atoms with Crippen molar-refractivity contribution in [2.75, 3.05) is 29.9 Å². The average molecular weight is 373 g/mol. The van der Waals surface area contributed by atoms with Crippen LogP contribution < -0.4 is 15.5 Å². The molecule has 0 fully saturated rings. The molecule has 26 heavy (non-hydrogen) atoms. The summed E-state index contributed by atoms with van der Waals surface area (Å²) in [6.45, 7) is -1.01. The first-order valence-electron chi connectivity index (χ1n) is 7.71. The first kappa shape index (κ1) is 17.6. The smallest absolute Gasteiger partial charge is 0.325 e. The van der Waals surface area contributed by atoms with Gasteiger partial charge >= 0.3 is 5.97 Å². The van der Waals surface area contributed by atoms with E-state index in [1.807, 2.05) is 0 Å². The van der Waals surface area contributed by atoms with Crippen LogP contribution in [-0.4, -0.2) is 43.4 Å². The number of carbonyl (C=O) groups excluding carboxylic acids is 4. The summed E-state index contributed by atoms with van der Waals surface area (Å²) < 4.78 is 4.90. The Kier molecular flexibility index (Phi) is 5.28. The number of nitrogens with zero attached hydrogens (tertiary/aromatic N) is 1. The highest BCUT2D eigenvalue weighted by atomic mass is 32.1. The van der Waals surface area contributed by atoms with Crippen molar-refractivity contribution in [1.82, 2.24) is 5.32 Å². The SMILES string of the molecule is O=C1CN(C(=O)COC(=O)CNC(=O)c2cccs2)c2ccccc2N1. The molecule has 0 unspecified atom stereocenters. The second-order valence-corrected chi connectivity index (χ2v) is 6.31. The summed E-state index contributed by atoms with van der Waals surface area (Å²) in [6.07, 6.45) is 0. The number of hydrogen-bond acceptors (Lipinski definition) is 6. The molecule has 1 aliphatic heterocycles. The number of rotatable bonds is 5. The van der Waals surface area contributed by atoms with Gasteiger partial charge in [-0.15, -0.1) is 11.3 Å². The van der Waals surface area contributed by atoms with Gasteiger partial charge in [0.1, 0.15) is 13.1 Å². The summed E-state index contributed by atoms with van der Waals surface area (Å²) in [5.41, 5.74) is 1.06. The minimum atomic E-state index is -0.738. The van der Waals surface area contributed by atoms with E-state index in [2.05, 4.69) is 10.6 Å². The van der Waals surface area contributed by atoms with Gasteiger partial charge in [-0.1, -0.05) is 18.2 Å². The second kappa shape index (κ2) is 7.79. The van der Waals surface area contributed by atoms with Crippen molar-refractivity contribution in [2.45, 2.75) is 0 Å². The van der Waals surface area contributed by atoms with Crippen molar-refractivity contribution < 1.29 is 23.9 Å². The lowest BCUT2D eigenvalue weighted by Gasteiger charge is -2.28. The van der Waals surface area contributed by atoms with E-state index in [9.17, 15) is 19.2 Å². The first-order valence-corrected chi connectivity index (χ1v) is 8.59. The third kappa shape index (κ3) is 4.06. The molecule has 1 aromatic carbocycles. The van der Waals surface area contributed by atoms with Crippen LogP contribution in [-0.2, 0) is 19.1 Å². The highest BCUT2D eigenvalue weighted by Gasteiger charge is 2.27. The molecule has 0 aliphatic carbocycles. The predicted octanol–water partition coefficient (Wildman–Crippen LogP) is 1.01. The third-order valence-electron chi connectivity index (χ3n) is 3.57. The average Bonchev–Trinajstić information content (AvgIpc) is 3.18. The molecule has 134 valence electrons. The Balaban J connectivity index is 1.52. The van der Waals surface area contributed by atoms with Crippen molar-refractivity contribution in [3.8, 4) is 0 Å². The zero-order valence-electron chi connectivity index (χ0n) is 13.6. The number of ether oxygens (including phenoxy) is 1. The lowest BCUT2D eigenvalue weighted by molar-refractivity contribution is -0.146. The molecular formula is C17H15N3O5S. The quantitative estimate of drug-likeness (QED) is 0.761.